The third-order valence-electron chi connectivity index (χ3n) is 8.01. The van der Waals surface area contributed by atoms with Gasteiger partial charge in [-0.2, -0.15) is 0 Å². The maximum Gasteiger partial charge on any atom is 0.283 e. The van der Waals surface area contributed by atoms with Crippen LogP contribution in [0.1, 0.15) is 43.9 Å². The summed E-state index contributed by atoms with van der Waals surface area (Å²) in [5.74, 6) is 1.35. The third-order valence-corrected chi connectivity index (χ3v) is 8.01. The summed E-state index contributed by atoms with van der Waals surface area (Å²) in [6.45, 7) is 8.02. The standard InChI is InChI=1S/C28H30N2O3/c1-18-6-4-7-19-8-5-9-21(22(19)12-10-18)20-11-13-24-23(14-20)28(17-32-25(29)30-28)27(15-31-16-27)26(2,3)33-24/h4-5,7-14,18H,6,15-17H2,1-3H3,(H2,29,30). The smallest absolute Gasteiger partial charge is 0.283 e. The molecule has 2 unspecified atom stereocenters. The molecule has 0 aromatic heterocycles. The van der Waals surface area contributed by atoms with Crippen LogP contribution >= 0.6 is 0 Å². The van der Waals surface area contributed by atoms with E-state index in [1.54, 1.807) is 0 Å². The molecule has 1 fully saturated rings. The minimum Gasteiger partial charge on any atom is -0.487 e. The van der Waals surface area contributed by atoms with Crippen LogP contribution in [-0.2, 0) is 15.0 Å². The Labute approximate surface area is 195 Å². The maximum atomic E-state index is 6.58. The Bertz CT molecular complexity index is 1220. The summed E-state index contributed by atoms with van der Waals surface area (Å²) in [7, 11) is 0. The van der Waals surface area contributed by atoms with Crippen LogP contribution in [0.5, 0.6) is 5.75 Å². The number of nitrogens with two attached hydrogens (primary N) is 1. The van der Waals surface area contributed by atoms with Gasteiger partial charge in [0.05, 0.1) is 18.6 Å². The Morgan fingerprint density at radius 2 is 1.91 bits per heavy atom. The molecule has 2 atom stereocenters. The van der Waals surface area contributed by atoms with E-state index in [4.69, 9.17) is 24.9 Å². The highest BCUT2D eigenvalue weighted by Gasteiger charge is 2.71. The van der Waals surface area contributed by atoms with Crippen LogP contribution in [0.3, 0.4) is 0 Å². The first-order valence-electron chi connectivity index (χ1n) is 11.7. The van der Waals surface area contributed by atoms with Crippen molar-refractivity contribution in [3.63, 3.8) is 0 Å². The quantitative estimate of drug-likeness (QED) is 0.664. The van der Waals surface area contributed by atoms with Crippen molar-refractivity contribution in [3.05, 3.63) is 65.2 Å². The van der Waals surface area contributed by atoms with E-state index in [-0.39, 0.29) is 11.4 Å². The summed E-state index contributed by atoms with van der Waals surface area (Å²) in [6.07, 6.45) is 10.1. The van der Waals surface area contributed by atoms with E-state index in [1.165, 1.54) is 16.7 Å². The van der Waals surface area contributed by atoms with Crippen molar-refractivity contribution in [2.45, 2.75) is 38.3 Å². The highest BCUT2D eigenvalue weighted by atomic mass is 16.5. The van der Waals surface area contributed by atoms with Gasteiger partial charge in [-0.1, -0.05) is 55.5 Å². The van der Waals surface area contributed by atoms with Crippen molar-refractivity contribution in [2.75, 3.05) is 19.8 Å². The molecule has 170 valence electrons. The molecule has 0 saturated carbocycles. The van der Waals surface area contributed by atoms with Crippen LogP contribution in [0.4, 0.5) is 0 Å². The molecule has 6 rings (SSSR count). The molecule has 3 heterocycles. The van der Waals surface area contributed by atoms with E-state index < -0.39 is 11.1 Å². The second-order valence-electron chi connectivity index (χ2n) is 10.3. The second kappa shape index (κ2) is 6.97. The van der Waals surface area contributed by atoms with Crippen molar-refractivity contribution in [3.8, 4) is 16.9 Å². The molecule has 1 saturated heterocycles. The van der Waals surface area contributed by atoms with Gasteiger partial charge in [-0.25, -0.2) is 4.99 Å². The molecule has 5 heteroatoms. The minimum atomic E-state index is -0.629. The van der Waals surface area contributed by atoms with Gasteiger partial charge < -0.3 is 19.9 Å². The highest BCUT2D eigenvalue weighted by molar-refractivity contribution is 5.83. The van der Waals surface area contributed by atoms with Gasteiger partial charge >= 0.3 is 0 Å². The summed E-state index contributed by atoms with van der Waals surface area (Å²) in [5.41, 5.74) is 10.5. The molecule has 0 amide bonds. The summed E-state index contributed by atoms with van der Waals surface area (Å²) >= 11 is 0. The van der Waals surface area contributed by atoms with Crippen LogP contribution in [0.2, 0.25) is 0 Å². The van der Waals surface area contributed by atoms with Gasteiger partial charge in [-0.3, -0.25) is 0 Å². The molecule has 0 bridgehead atoms. The lowest BCUT2D eigenvalue weighted by atomic mass is 9.55. The Balaban J connectivity index is 1.56. The van der Waals surface area contributed by atoms with E-state index in [9.17, 15) is 0 Å². The minimum absolute atomic E-state index is 0.238. The fraction of sp³-hybridized carbons (Fsp3) is 0.393. The molecule has 2 aromatic carbocycles. The number of amidine groups is 1. The van der Waals surface area contributed by atoms with Crippen LogP contribution in [0.25, 0.3) is 23.3 Å². The molecular formula is C28H30N2O3. The van der Waals surface area contributed by atoms with Crippen molar-refractivity contribution >= 4 is 18.2 Å². The molecule has 3 aliphatic heterocycles. The van der Waals surface area contributed by atoms with Gasteiger partial charge in [-0.15, -0.1) is 0 Å². The Hall–Kier alpha value is -3.05. The number of aliphatic imine (C=N–C) groups is 1. The van der Waals surface area contributed by atoms with Crippen LogP contribution < -0.4 is 10.5 Å². The monoisotopic (exact) mass is 442 g/mol. The van der Waals surface area contributed by atoms with E-state index in [1.807, 2.05) is 0 Å². The van der Waals surface area contributed by atoms with Crippen LogP contribution in [-0.4, -0.2) is 31.4 Å². The number of fused-ring (bicyclic) bond motifs is 4. The average Bonchev–Trinajstić information content (AvgIpc) is 3.11. The lowest BCUT2D eigenvalue weighted by molar-refractivity contribution is -0.247. The fourth-order valence-electron chi connectivity index (χ4n) is 5.86. The van der Waals surface area contributed by atoms with Gasteiger partial charge in [0.2, 0.25) is 0 Å². The summed E-state index contributed by atoms with van der Waals surface area (Å²) < 4.78 is 18.1. The maximum absolute atomic E-state index is 6.58. The van der Waals surface area contributed by atoms with Crippen molar-refractivity contribution in [1.82, 2.24) is 0 Å². The summed E-state index contributed by atoms with van der Waals surface area (Å²) in [6, 6.07) is 13.2. The van der Waals surface area contributed by atoms with E-state index in [2.05, 4.69) is 81.5 Å². The number of benzene rings is 2. The van der Waals surface area contributed by atoms with Crippen LogP contribution in [0, 0.1) is 11.3 Å². The number of hydrogen-bond donors (Lipinski definition) is 1. The number of allylic oxidation sites excluding steroid dienone is 2. The molecule has 5 nitrogen and oxygen atoms in total. The molecule has 1 aliphatic carbocycles. The number of rotatable bonds is 1. The topological polar surface area (TPSA) is 66.1 Å². The van der Waals surface area contributed by atoms with Gasteiger partial charge in [0.15, 0.2) is 0 Å². The largest absolute Gasteiger partial charge is 0.487 e. The Morgan fingerprint density at radius 1 is 1.06 bits per heavy atom. The zero-order chi connectivity index (χ0) is 22.8. The normalized spacial score (nSPS) is 28.1. The third kappa shape index (κ3) is 2.78. The zero-order valence-corrected chi connectivity index (χ0v) is 19.4. The lowest BCUT2D eigenvalue weighted by Crippen LogP contribution is -2.71. The first-order chi connectivity index (χ1) is 15.9. The van der Waals surface area contributed by atoms with Gasteiger partial charge in [0, 0.05) is 5.56 Å². The molecule has 4 aliphatic rings. The van der Waals surface area contributed by atoms with Crippen molar-refractivity contribution in [1.29, 1.82) is 0 Å². The van der Waals surface area contributed by atoms with E-state index in [0.29, 0.717) is 25.7 Å². The molecular weight excluding hydrogens is 412 g/mol. The Kier molecular flexibility index (Phi) is 4.34. The van der Waals surface area contributed by atoms with E-state index >= 15 is 0 Å². The SMILES string of the molecule is CC1C=Cc2c(cccc2-c2ccc3c(c2)C2(COC(N)=N2)C2(COC2)C(C)(C)O3)C=CC1. The molecule has 33 heavy (non-hydrogen) atoms. The first kappa shape index (κ1) is 20.5. The van der Waals surface area contributed by atoms with E-state index in [0.717, 1.165) is 23.3 Å². The second-order valence-corrected chi connectivity index (χ2v) is 10.3. The average molecular weight is 443 g/mol. The fourth-order valence-corrected chi connectivity index (χ4v) is 5.86. The first-order valence-corrected chi connectivity index (χ1v) is 11.7. The number of hydrogen-bond acceptors (Lipinski definition) is 5. The van der Waals surface area contributed by atoms with Gasteiger partial charge in [-0.05, 0) is 60.6 Å². The number of ether oxygens (including phenoxy) is 3. The molecule has 0 radical (unpaired) electrons. The number of nitrogens with zero attached hydrogens (tertiary/aromatic N) is 1. The highest BCUT2D eigenvalue weighted by Crippen LogP contribution is 2.62. The van der Waals surface area contributed by atoms with Crippen molar-refractivity contribution < 1.29 is 14.2 Å². The lowest BCUT2D eigenvalue weighted by Gasteiger charge is -2.61. The molecule has 2 N–H and O–H groups in total. The predicted octanol–water partition coefficient (Wildman–Crippen LogP) is 5.15. The summed E-state index contributed by atoms with van der Waals surface area (Å²) in [5, 5.41) is 0. The molecule has 2 spiro atoms. The van der Waals surface area contributed by atoms with Gasteiger partial charge in [0.1, 0.15) is 23.5 Å². The van der Waals surface area contributed by atoms with Gasteiger partial charge in [0.25, 0.3) is 6.02 Å². The predicted molar refractivity (Wildman–Crippen MR) is 131 cm³/mol. The summed E-state index contributed by atoms with van der Waals surface area (Å²) in [4.78, 5) is 4.94. The van der Waals surface area contributed by atoms with Crippen molar-refractivity contribution in [2.24, 2.45) is 22.1 Å². The van der Waals surface area contributed by atoms with Crippen LogP contribution in [0.15, 0.2) is 53.5 Å². The molecule has 2 aromatic rings. The Morgan fingerprint density at radius 3 is 2.64 bits per heavy atom. The zero-order valence-electron chi connectivity index (χ0n) is 19.4.